The van der Waals surface area contributed by atoms with E-state index in [1.807, 2.05) is 0 Å². The second-order valence-corrected chi connectivity index (χ2v) is 5.35. The summed E-state index contributed by atoms with van der Waals surface area (Å²) < 4.78 is 26.7. The van der Waals surface area contributed by atoms with Gasteiger partial charge in [0.25, 0.3) is 0 Å². The van der Waals surface area contributed by atoms with Crippen molar-refractivity contribution in [3.05, 3.63) is 47.3 Å². The number of nitrogens with one attached hydrogen (secondary N) is 3. The predicted octanol–water partition coefficient (Wildman–Crippen LogP) is 1.95. The zero-order valence-corrected chi connectivity index (χ0v) is 11.8. The van der Waals surface area contributed by atoms with E-state index in [0.717, 1.165) is 43.4 Å². The van der Waals surface area contributed by atoms with Crippen LogP contribution in [0.2, 0.25) is 0 Å². The van der Waals surface area contributed by atoms with E-state index in [1.54, 1.807) is 0 Å². The minimum absolute atomic E-state index is 0.0325. The molecule has 1 aromatic carbocycles. The van der Waals surface area contributed by atoms with Gasteiger partial charge in [0.15, 0.2) is 0 Å². The number of rotatable bonds is 4. The van der Waals surface area contributed by atoms with Crippen molar-refractivity contribution in [2.75, 3.05) is 18.4 Å². The van der Waals surface area contributed by atoms with Crippen molar-refractivity contribution in [3.63, 3.8) is 0 Å². The first-order valence-electron chi connectivity index (χ1n) is 7.11. The molecule has 2 aromatic rings. The van der Waals surface area contributed by atoms with E-state index in [0.29, 0.717) is 5.69 Å². The number of carbonyl (C=O) groups excluding carboxylic acids is 1. The molecule has 0 aliphatic carbocycles. The molecule has 22 heavy (non-hydrogen) atoms. The van der Waals surface area contributed by atoms with Crippen LogP contribution in [0.1, 0.15) is 23.6 Å². The molecule has 1 saturated heterocycles. The zero-order valence-electron chi connectivity index (χ0n) is 11.8. The average molecular weight is 306 g/mol. The summed E-state index contributed by atoms with van der Waals surface area (Å²) >= 11 is 0. The smallest absolute Gasteiger partial charge is 0.228 e. The van der Waals surface area contributed by atoms with Gasteiger partial charge in [-0.2, -0.15) is 5.10 Å². The molecule has 0 spiro atoms. The number of hydrogen-bond donors (Lipinski definition) is 3. The van der Waals surface area contributed by atoms with E-state index in [4.69, 9.17) is 0 Å². The maximum absolute atomic E-state index is 13.6. The molecule has 1 unspecified atom stereocenters. The fourth-order valence-electron chi connectivity index (χ4n) is 2.65. The Kier molecular flexibility index (Phi) is 4.15. The molecule has 1 amide bonds. The van der Waals surface area contributed by atoms with Crippen LogP contribution < -0.4 is 10.6 Å². The molecule has 1 aliphatic heterocycles. The maximum atomic E-state index is 13.6. The van der Waals surface area contributed by atoms with Gasteiger partial charge in [-0.3, -0.25) is 9.89 Å². The van der Waals surface area contributed by atoms with Gasteiger partial charge in [0, 0.05) is 18.0 Å². The van der Waals surface area contributed by atoms with Crippen LogP contribution in [0.5, 0.6) is 0 Å². The molecule has 1 aromatic heterocycles. The number of benzene rings is 1. The van der Waals surface area contributed by atoms with Gasteiger partial charge in [-0.25, -0.2) is 8.78 Å². The lowest BCUT2D eigenvalue weighted by atomic mass is 10.0. The van der Waals surface area contributed by atoms with Crippen LogP contribution >= 0.6 is 0 Å². The van der Waals surface area contributed by atoms with Crippen molar-refractivity contribution < 1.29 is 13.6 Å². The first-order chi connectivity index (χ1) is 10.6. The number of nitrogens with zero attached hydrogens (tertiary/aromatic N) is 1. The van der Waals surface area contributed by atoms with Crippen LogP contribution in [0.4, 0.5) is 14.5 Å². The first kappa shape index (κ1) is 14.6. The number of hydrogen-bond acceptors (Lipinski definition) is 3. The quantitative estimate of drug-likeness (QED) is 0.808. The lowest BCUT2D eigenvalue weighted by Crippen LogP contribution is -2.17. The van der Waals surface area contributed by atoms with Crippen molar-refractivity contribution in [1.82, 2.24) is 15.5 Å². The summed E-state index contributed by atoms with van der Waals surface area (Å²) in [7, 11) is 0. The summed E-state index contributed by atoms with van der Waals surface area (Å²) in [4.78, 5) is 12.1. The standard InChI is InChI=1S/C15H16F2N4O/c16-11-1-2-12(17)10(5-11)6-14(22)20-13-8-19-21-15(13)9-3-4-18-7-9/h1-2,5,8-9,18H,3-4,6-7H2,(H,19,21)(H,20,22). The van der Waals surface area contributed by atoms with E-state index >= 15 is 0 Å². The van der Waals surface area contributed by atoms with Gasteiger partial charge in [-0.05, 0) is 31.2 Å². The van der Waals surface area contributed by atoms with Crippen LogP contribution in [0.25, 0.3) is 0 Å². The number of carbonyl (C=O) groups is 1. The second-order valence-electron chi connectivity index (χ2n) is 5.35. The molecule has 0 radical (unpaired) electrons. The van der Waals surface area contributed by atoms with Crippen molar-refractivity contribution in [2.24, 2.45) is 0 Å². The Morgan fingerprint density at radius 2 is 2.27 bits per heavy atom. The highest BCUT2D eigenvalue weighted by Crippen LogP contribution is 2.26. The molecule has 1 fully saturated rings. The Bertz CT molecular complexity index is 680. The van der Waals surface area contributed by atoms with E-state index in [-0.39, 0.29) is 17.9 Å². The van der Waals surface area contributed by atoms with Gasteiger partial charge in [0.2, 0.25) is 5.91 Å². The normalized spacial score (nSPS) is 17.6. The highest BCUT2D eigenvalue weighted by molar-refractivity contribution is 5.92. The van der Waals surface area contributed by atoms with Crippen molar-refractivity contribution in [3.8, 4) is 0 Å². The molecule has 1 aliphatic rings. The van der Waals surface area contributed by atoms with E-state index in [1.165, 1.54) is 6.20 Å². The largest absolute Gasteiger partial charge is 0.323 e. The van der Waals surface area contributed by atoms with E-state index in [2.05, 4.69) is 20.8 Å². The highest BCUT2D eigenvalue weighted by atomic mass is 19.1. The molecule has 2 heterocycles. The van der Waals surface area contributed by atoms with Crippen LogP contribution in [0, 0.1) is 11.6 Å². The summed E-state index contributed by atoms with van der Waals surface area (Å²) in [5.41, 5.74) is 1.48. The molecule has 116 valence electrons. The Balaban J connectivity index is 1.69. The minimum Gasteiger partial charge on any atom is -0.323 e. The van der Waals surface area contributed by atoms with Gasteiger partial charge >= 0.3 is 0 Å². The molecular weight excluding hydrogens is 290 g/mol. The van der Waals surface area contributed by atoms with Gasteiger partial charge in [0.1, 0.15) is 11.6 Å². The van der Waals surface area contributed by atoms with Crippen molar-refractivity contribution in [2.45, 2.75) is 18.8 Å². The Morgan fingerprint density at radius 1 is 1.41 bits per heavy atom. The molecule has 3 rings (SSSR count). The average Bonchev–Trinajstić information content (AvgIpc) is 3.13. The van der Waals surface area contributed by atoms with Crippen LogP contribution in [-0.4, -0.2) is 29.2 Å². The van der Waals surface area contributed by atoms with Gasteiger partial charge in [-0.1, -0.05) is 0 Å². The SMILES string of the molecule is O=C(Cc1cc(F)ccc1F)Nc1cn[nH]c1C1CCNC1. The van der Waals surface area contributed by atoms with Crippen LogP contribution in [0.3, 0.4) is 0 Å². The summed E-state index contributed by atoms with van der Waals surface area (Å²) in [5.74, 6) is -1.30. The maximum Gasteiger partial charge on any atom is 0.228 e. The topological polar surface area (TPSA) is 69.8 Å². The molecule has 0 saturated carbocycles. The Labute approximate surface area is 126 Å². The van der Waals surface area contributed by atoms with Gasteiger partial charge < -0.3 is 10.6 Å². The monoisotopic (exact) mass is 306 g/mol. The van der Waals surface area contributed by atoms with E-state index < -0.39 is 17.5 Å². The van der Waals surface area contributed by atoms with Crippen molar-refractivity contribution >= 4 is 11.6 Å². The molecule has 7 heteroatoms. The second kappa shape index (κ2) is 6.23. The summed E-state index contributed by atoms with van der Waals surface area (Å²) in [6.45, 7) is 1.75. The summed E-state index contributed by atoms with van der Waals surface area (Å²) in [6, 6.07) is 3.08. The number of anilines is 1. The van der Waals surface area contributed by atoms with Gasteiger partial charge in [-0.15, -0.1) is 0 Å². The fourth-order valence-corrected chi connectivity index (χ4v) is 2.65. The van der Waals surface area contributed by atoms with Gasteiger partial charge in [0.05, 0.1) is 24.0 Å². The first-order valence-corrected chi connectivity index (χ1v) is 7.11. The third-order valence-electron chi connectivity index (χ3n) is 3.77. The van der Waals surface area contributed by atoms with E-state index in [9.17, 15) is 13.6 Å². The lowest BCUT2D eigenvalue weighted by Gasteiger charge is -2.10. The van der Waals surface area contributed by atoms with Crippen LogP contribution in [0.15, 0.2) is 24.4 Å². The molecule has 0 bridgehead atoms. The number of amides is 1. The minimum atomic E-state index is -0.594. The highest BCUT2D eigenvalue weighted by Gasteiger charge is 2.22. The zero-order chi connectivity index (χ0) is 15.5. The Morgan fingerprint density at radius 3 is 3.05 bits per heavy atom. The number of aromatic nitrogens is 2. The predicted molar refractivity (Wildman–Crippen MR) is 77.5 cm³/mol. The third kappa shape index (κ3) is 3.14. The number of halogens is 2. The number of aromatic amines is 1. The summed E-state index contributed by atoms with van der Waals surface area (Å²) in [6.07, 6.45) is 2.27. The fraction of sp³-hybridized carbons (Fsp3) is 0.333. The molecule has 3 N–H and O–H groups in total. The van der Waals surface area contributed by atoms with Crippen LogP contribution in [-0.2, 0) is 11.2 Å². The Hall–Kier alpha value is -2.28. The summed E-state index contributed by atoms with van der Waals surface area (Å²) in [5, 5.41) is 12.8. The van der Waals surface area contributed by atoms with Crippen molar-refractivity contribution in [1.29, 1.82) is 0 Å². The molecule has 1 atom stereocenters. The third-order valence-corrected chi connectivity index (χ3v) is 3.77. The lowest BCUT2D eigenvalue weighted by molar-refractivity contribution is -0.115. The molecule has 5 nitrogen and oxygen atoms in total. The molecular formula is C15H16F2N4O. The number of H-pyrrole nitrogens is 1.